The van der Waals surface area contributed by atoms with Crippen LogP contribution in [0.5, 0.6) is 0 Å². The summed E-state index contributed by atoms with van der Waals surface area (Å²) in [6, 6.07) is 21.4. The predicted octanol–water partition coefficient (Wildman–Crippen LogP) is 4.25. The van der Waals surface area contributed by atoms with Gasteiger partial charge < -0.3 is 39.3 Å². The van der Waals surface area contributed by atoms with Gasteiger partial charge in [-0.2, -0.15) is 0 Å². The van der Waals surface area contributed by atoms with E-state index in [1.165, 1.54) is 23.1 Å². The van der Waals surface area contributed by atoms with Crippen LogP contribution in [0.15, 0.2) is 84.9 Å². The third kappa shape index (κ3) is 8.38. The van der Waals surface area contributed by atoms with E-state index in [-0.39, 0.29) is 66.1 Å². The first-order valence-corrected chi connectivity index (χ1v) is 20.6. The van der Waals surface area contributed by atoms with Crippen molar-refractivity contribution in [2.75, 3.05) is 57.4 Å². The molecule has 3 amide bonds. The van der Waals surface area contributed by atoms with Crippen molar-refractivity contribution in [1.29, 1.82) is 0 Å². The first kappa shape index (κ1) is 39.6. The summed E-state index contributed by atoms with van der Waals surface area (Å²) < 4.78 is 43.8. The normalized spacial score (nSPS) is 21.2. The first-order valence-electron chi connectivity index (χ1n) is 18.8. The molecule has 0 saturated carbocycles. The van der Waals surface area contributed by atoms with Gasteiger partial charge in [0.2, 0.25) is 18.5 Å². The number of esters is 2. The summed E-state index contributed by atoms with van der Waals surface area (Å²) in [5, 5.41) is 12.3. The number of carboxylic acid groups (broad SMARTS) is 1. The molecule has 0 spiro atoms. The summed E-state index contributed by atoms with van der Waals surface area (Å²) in [5.41, 5.74) is 1.30. The SMILES string of the molecule is CO[C@H]1CCN(c2cc(C(=O)N[C@@H](CP(=O)(OC3OC(=O)c4ccccc43)OC3OC(=O)c4ccccc43)C(=O)N3CCN(C(=O)O)CC3)nc(-c3ccccc3)n2)C1. The molecular formula is C40H39N6O12P. The Kier molecular flexibility index (Phi) is 11.1. The average Bonchev–Trinajstić information content (AvgIpc) is 3.96. The van der Waals surface area contributed by atoms with Gasteiger partial charge in [-0.25, -0.2) is 24.4 Å². The summed E-state index contributed by atoms with van der Waals surface area (Å²) in [4.78, 5) is 80.1. The third-order valence-corrected chi connectivity index (χ3v) is 12.3. The summed E-state index contributed by atoms with van der Waals surface area (Å²) in [6.45, 7) is 0.962. The van der Waals surface area contributed by atoms with Gasteiger partial charge in [0.1, 0.15) is 17.6 Å². The number of nitrogens with zero attached hydrogens (tertiary/aromatic N) is 5. The summed E-state index contributed by atoms with van der Waals surface area (Å²) in [5.74, 6) is -2.40. The third-order valence-electron chi connectivity index (χ3n) is 10.5. The molecule has 0 bridgehead atoms. The van der Waals surface area contributed by atoms with Gasteiger partial charge >= 0.3 is 25.6 Å². The summed E-state index contributed by atoms with van der Waals surface area (Å²) in [6.07, 6.45) is -4.44. The van der Waals surface area contributed by atoms with E-state index < -0.39 is 62.2 Å². The van der Waals surface area contributed by atoms with Gasteiger partial charge in [0, 0.05) is 69.1 Å². The number of nitrogens with one attached hydrogen (secondary N) is 1. The van der Waals surface area contributed by atoms with Crippen molar-refractivity contribution < 1.29 is 56.9 Å². The molecule has 2 unspecified atom stereocenters. The molecule has 8 rings (SSSR count). The van der Waals surface area contributed by atoms with Crippen molar-refractivity contribution in [3.05, 3.63) is 113 Å². The molecular weight excluding hydrogens is 787 g/mol. The van der Waals surface area contributed by atoms with Gasteiger partial charge in [-0.1, -0.05) is 66.7 Å². The van der Waals surface area contributed by atoms with Crippen LogP contribution in [-0.2, 0) is 32.6 Å². The van der Waals surface area contributed by atoms with E-state index in [1.54, 1.807) is 67.8 Å². The summed E-state index contributed by atoms with van der Waals surface area (Å²) in [7, 11) is -3.17. The van der Waals surface area contributed by atoms with Crippen molar-refractivity contribution in [3.63, 3.8) is 0 Å². The highest BCUT2D eigenvalue weighted by molar-refractivity contribution is 7.54. The quantitative estimate of drug-likeness (QED) is 0.151. The number of aromatic nitrogens is 2. The minimum atomic E-state index is -4.79. The lowest BCUT2D eigenvalue weighted by atomic mass is 10.1. The molecule has 2 N–H and O–H groups in total. The number of hydrogen-bond donors (Lipinski definition) is 2. The zero-order chi connectivity index (χ0) is 41.3. The number of cyclic esters (lactones) is 2. The Morgan fingerprint density at radius 3 is 1.98 bits per heavy atom. The Hall–Kier alpha value is -6.20. The second-order valence-corrected chi connectivity index (χ2v) is 16.2. The van der Waals surface area contributed by atoms with Crippen molar-refractivity contribution in [2.45, 2.75) is 31.1 Å². The van der Waals surface area contributed by atoms with E-state index in [1.807, 2.05) is 11.0 Å². The maximum Gasteiger partial charge on any atom is 0.407 e. The van der Waals surface area contributed by atoms with Crippen LogP contribution in [0.4, 0.5) is 10.6 Å². The second kappa shape index (κ2) is 16.6. The number of anilines is 1. The molecule has 4 aliphatic heterocycles. The van der Waals surface area contributed by atoms with E-state index in [4.69, 9.17) is 28.2 Å². The van der Waals surface area contributed by atoms with Crippen LogP contribution in [0, 0.1) is 0 Å². The number of hydrogen-bond acceptors (Lipinski definition) is 14. The van der Waals surface area contributed by atoms with Gasteiger partial charge in [0.15, 0.2) is 5.82 Å². The maximum atomic E-state index is 15.3. The molecule has 18 nitrogen and oxygen atoms in total. The highest BCUT2D eigenvalue weighted by Crippen LogP contribution is 2.58. The molecule has 2 fully saturated rings. The molecule has 4 aliphatic rings. The monoisotopic (exact) mass is 826 g/mol. The molecule has 19 heteroatoms. The molecule has 306 valence electrons. The Bertz CT molecular complexity index is 2270. The Balaban J connectivity index is 1.15. The smallest absolute Gasteiger partial charge is 0.407 e. The minimum absolute atomic E-state index is 0.0238. The van der Waals surface area contributed by atoms with Gasteiger partial charge in [0.05, 0.1) is 23.4 Å². The van der Waals surface area contributed by atoms with Crippen LogP contribution in [0.1, 0.15) is 61.3 Å². The van der Waals surface area contributed by atoms with Gasteiger partial charge in [-0.3, -0.25) is 23.2 Å². The molecule has 3 aromatic carbocycles. The molecule has 4 aromatic rings. The lowest BCUT2D eigenvalue weighted by Gasteiger charge is -2.36. The number of methoxy groups -OCH3 is 1. The molecule has 1 aromatic heterocycles. The standard InChI is InChI=1S/C40H39N6O12P/c1-54-25-15-16-46(22-25)32-21-30(41-33(43-32)24-9-3-2-4-10-24)34(47)42-31(35(48)44-17-19-45(20-18-44)40(51)52)23-59(53,57-38-28-13-7-5-11-26(28)36(49)55-38)58-39-29-14-8-6-12-27(29)37(50)56-39/h2-14,21,25,31,38-39H,15-20,22-23H2,1H3,(H,42,47)(H,51,52)/t25-,31-,38?,39?,59?/m0/s1. The topological polar surface area (TPSA) is 216 Å². The lowest BCUT2D eigenvalue weighted by molar-refractivity contribution is -0.134. The number of ether oxygens (including phenoxy) is 3. The fourth-order valence-electron chi connectivity index (χ4n) is 7.32. The second-order valence-electron chi connectivity index (χ2n) is 14.2. The molecule has 4 atom stereocenters. The van der Waals surface area contributed by atoms with Crippen molar-refractivity contribution in [2.24, 2.45) is 0 Å². The van der Waals surface area contributed by atoms with Crippen LogP contribution in [-0.4, -0.2) is 119 Å². The molecule has 2 saturated heterocycles. The van der Waals surface area contributed by atoms with E-state index >= 15 is 4.57 Å². The largest absolute Gasteiger partial charge is 0.465 e. The van der Waals surface area contributed by atoms with Crippen molar-refractivity contribution in [1.82, 2.24) is 25.1 Å². The van der Waals surface area contributed by atoms with Crippen LogP contribution in [0.2, 0.25) is 0 Å². The van der Waals surface area contributed by atoms with E-state index in [9.17, 15) is 29.1 Å². The predicted molar refractivity (Wildman–Crippen MR) is 206 cm³/mol. The maximum absolute atomic E-state index is 15.3. The highest BCUT2D eigenvalue weighted by atomic mass is 31.2. The number of benzene rings is 3. The lowest BCUT2D eigenvalue weighted by Crippen LogP contribution is -2.56. The Morgan fingerprint density at radius 2 is 1.41 bits per heavy atom. The number of carbonyl (C=O) groups is 5. The van der Waals surface area contributed by atoms with E-state index in [2.05, 4.69) is 10.3 Å². The van der Waals surface area contributed by atoms with Crippen LogP contribution < -0.4 is 10.2 Å². The van der Waals surface area contributed by atoms with E-state index in [0.717, 1.165) is 11.3 Å². The fraction of sp³-hybridized carbons (Fsp3) is 0.325. The zero-order valence-corrected chi connectivity index (χ0v) is 32.6. The average molecular weight is 827 g/mol. The Labute approximate surface area is 337 Å². The molecule has 0 aliphatic carbocycles. The highest BCUT2D eigenvalue weighted by Gasteiger charge is 2.46. The number of fused-ring (bicyclic) bond motifs is 2. The number of carbonyl (C=O) groups excluding carboxylic acids is 4. The molecule has 59 heavy (non-hydrogen) atoms. The van der Waals surface area contributed by atoms with Crippen LogP contribution in [0.25, 0.3) is 11.4 Å². The van der Waals surface area contributed by atoms with Crippen LogP contribution in [0.3, 0.4) is 0 Å². The zero-order valence-electron chi connectivity index (χ0n) is 31.7. The fourth-order valence-corrected chi connectivity index (χ4v) is 9.14. The van der Waals surface area contributed by atoms with Gasteiger partial charge in [-0.05, 0) is 18.6 Å². The van der Waals surface area contributed by atoms with Crippen LogP contribution >= 0.6 is 7.60 Å². The van der Waals surface area contributed by atoms with Gasteiger partial charge in [0.25, 0.3) is 5.91 Å². The first-order chi connectivity index (χ1) is 28.5. The number of rotatable bonds is 12. The summed E-state index contributed by atoms with van der Waals surface area (Å²) >= 11 is 0. The van der Waals surface area contributed by atoms with Crippen molar-refractivity contribution in [3.8, 4) is 11.4 Å². The Morgan fingerprint density at radius 1 is 0.831 bits per heavy atom. The van der Waals surface area contributed by atoms with Gasteiger partial charge in [-0.15, -0.1) is 0 Å². The number of piperazine rings is 1. The molecule has 0 radical (unpaired) electrons. The van der Waals surface area contributed by atoms with Crippen molar-refractivity contribution >= 4 is 43.3 Å². The molecule has 5 heterocycles. The van der Waals surface area contributed by atoms with E-state index in [0.29, 0.717) is 24.5 Å². The number of amides is 3. The minimum Gasteiger partial charge on any atom is -0.465 e.